The summed E-state index contributed by atoms with van der Waals surface area (Å²) in [5, 5.41) is 5.31. The molecule has 0 bridgehead atoms. The van der Waals surface area contributed by atoms with Crippen LogP contribution in [0.5, 0.6) is 0 Å². The molecule has 0 saturated carbocycles. The zero-order valence-electron chi connectivity index (χ0n) is 11.2. The van der Waals surface area contributed by atoms with Crippen LogP contribution in [0.25, 0.3) is 0 Å². The molecule has 0 atom stereocenters. The van der Waals surface area contributed by atoms with E-state index >= 15 is 0 Å². The first-order valence-corrected chi connectivity index (χ1v) is 6.62. The number of amides is 2. The number of nitrogens with one attached hydrogen (secondary N) is 2. The molecule has 2 aromatic rings. The van der Waals surface area contributed by atoms with Crippen molar-refractivity contribution in [3.8, 4) is 0 Å². The molecule has 0 radical (unpaired) electrons. The molecule has 114 valence electrons. The van der Waals surface area contributed by atoms with Gasteiger partial charge in [-0.15, -0.1) is 0 Å². The minimum Gasteiger partial charge on any atom is -0.343 e. The summed E-state index contributed by atoms with van der Waals surface area (Å²) < 4.78 is 25.8. The second-order valence-corrected chi connectivity index (χ2v) is 4.81. The Hall–Kier alpha value is -2.47. The summed E-state index contributed by atoms with van der Waals surface area (Å²) in [6.45, 7) is -0.315. The largest absolute Gasteiger partial charge is 0.343 e. The van der Waals surface area contributed by atoms with Gasteiger partial charge in [-0.25, -0.2) is 8.78 Å². The summed E-state index contributed by atoms with van der Waals surface area (Å²) in [5.41, 5.74) is 0.411. The molecule has 2 N–H and O–H groups in total. The molecule has 2 rings (SSSR count). The Morgan fingerprint density at radius 1 is 1.05 bits per heavy atom. The zero-order valence-corrected chi connectivity index (χ0v) is 12.0. The molecule has 0 fully saturated rings. The molecule has 0 aromatic heterocycles. The quantitative estimate of drug-likeness (QED) is 0.908. The number of hydrogen-bond donors (Lipinski definition) is 2. The highest BCUT2D eigenvalue weighted by Gasteiger charge is 2.11. The third-order valence-electron chi connectivity index (χ3n) is 2.70. The van der Waals surface area contributed by atoms with Crippen molar-refractivity contribution in [2.75, 3.05) is 11.9 Å². The fraction of sp³-hybridized carbons (Fsp3) is 0.0667. The molecule has 0 unspecified atom stereocenters. The van der Waals surface area contributed by atoms with E-state index in [2.05, 4.69) is 10.6 Å². The van der Waals surface area contributed by atoms with Gasteiger partial charge in [0.25, 0.3) is 5.91 Å². The van der Waals surface area contributed by atoms with Crippen LogP contribution < -0.4 is 10.6 Å². The summed E-state index contributed by atoms with van der Waals surface area (Å²) >= 11 is 5.78. The first kappa shape index (κ1) is 15.9. The lowest BCUT2D eigenvalue weighted by Crippen LogP contribution is -2.32. The highest BCUT2D eigenvalue weighted by atomic mass is 35.5. The Labute approximate surface area is 130 Å². The third kappa shape index (κ3) is 4.26. The van der Waals surface area contributed by atoms with Gasteiger partial charge in [0.1, 0.15) is 0 Å². The van der Waals surface area contributed by atoms with Crippen molar-refractivity contribution in [2.24, 2.45) is 0 Å². The van der Waals surface area contributed by atoms with Crippen LogP contribution in [0.15, 0.2) is 42.5 Å². The third-order valence-corrected chi connectivity index (χ3v) is 2.93. The van der Waals surface area contributed by atoms with Crippen molar-refractivity contribution in [1.82, 2.24) is 5.32 Å². The summed E-state index contributed by atoms with van der Waals surface area (Å²) in [5.74, 6) is -3.33. The number of carbonyl (C=O) groups excluding carboxylic acids is 2. The Morgan fingerprint density at radius 3 is 2.50 bits per heavy atom. The van der Waals surface area contributed by atoms with Crippen LogP contribution >= 0.6 is 11.6 Å². The molecule has 0 spiro atoms. The SMILES string of the molecule is O=C(CNC(=O)c1ccc(F)c(F)c1)Nc1cccc(Cl)c1. The molecule has 0 heterocycles. The van der Waals surface area contributed by atoms with Crippen LogP contribution in [0, 0.1) is 11.6 Å². The van der Waals surface area contributed by atoms with E-state index in [0.29, 0.717) is 10.7 Å². The topological polar surface area (TPSA) is 58.2 Å². The Bertz CT molecular complexity index is 722. The zero-order chi connectivity index (χ0) is 16.1. The minimum absolute atomic E-state index is 0.0746. The van der Waals surface area contributed by atoms with Gasteiger partial charge in [-0.3, -0.25) is 9.59 Å². The van der Waals surface area contributed by atoms with Gasteiger partial charge >= 0.3 is 0 Å². The van der Waals surface area contributed by atoms with Crippen LogP contribution in [0.2, 0.25) is 5.02 Å². The molecule has 2 amide bonds. The number of benzene rings is 2. The first-order chi connectivity index (χ1) is 10.5. The van der Waals surface area contributed by atoms with Crippen LogP contribution in [0.3, 0.4) is 0 Å². The second kappa shape index (κ2) is 7.00. The lowest BCUT2D eigenvalue weighted by Gasteiger charge is -2.07. The van der Waals surface area contributed by atoms with E-state index in [1.807, 2.05) is 0 Å². The normalized spacial score (nSPS) is 10.1. The van der Waals surface area contributed by atoms with Crippen LogP contribution in [0.4, 0.5) is 14.5 Å². The van der Waals surface area contributed by atoms with E-state index in [1.54, 1.807) is 24.3 Å². The summed E-state index contributed by atoms with van der Waals surface area (Å²) in [4.78, 5) is 23.4. The van der Waals surface area contributed by atoms with Crippen LogP contribution in [0.1, 0.15) is 10.4 Å². The molecular formula is C15H11ClF2N2O2. The molecule has 2 aromatic carbocycles. The lowest BCUT2D eigenvalue weighted by molar-refractivity contribution is -0.115. The van der Waals surface area contributed by atoms with Crippen molar-refractivity contribution < 1.29 is 18.4 Å². The Kier molecular flexibility index (Phi) is 5.06. The maximum absolute atomic E-state index is 13.0. The van der Waals surface area contributed by atoms with E-state index < -0.39 is 23.4 Å². The summed E-state index contributed by atoms with van der Waals surface area (Å²) in [6, 6.07) is 9.25. The molecule has 0 aliphatic rings. The number of rotatable bonds is 4. The second-order valence-electron chi connectivity index (χ2n) is 4.37. The van der Waals surface area contributed by atoms with E-state index in [1.165, 1.54) is 0 Å². The van der Waals surface area contributed by atoms with Gasteiger partial charge < -0.3 is 10.6 Å². The molecule has 0 saturated heterocycles. The molecule has 0 aliphatic heterocycles. The van der Waals surface area contributed by atoms with Crippen molar-refractivity contribution in [3.63, 3.8) is 0 Å². The van der Waals surface area contributed by atoms with Crippen molar-refractivity contribution >= 4 is 29.1 Å². The van der Waals surface area contributed by atoms with Crippen molar-refractivity contribution in [2.45, 2.75) is 0 Å². The highest BCUT2D eigenvalue weighted by Crippen LogP contribution is 2.14. The molecular weight excluding hydrogens is 314 g/mol. The molecule has 0 aliphatic carbocycles. The minimum atomic E-state index is -1.13. The van der Waals surface area contributed by atoms with E-state index in [9.17, 15) is 18.4 Å². The van der Waals surface area contributed by atoms with Gasteiger partial charge in [0.05, 0.1) is 6.54 Å². The predicted octanol–water partition coefficient (Wildman–Crippen LogP) is 2.99. The maximum Gasteiger partial charge on any atom is 0.251 e. The van der Waals surface area contributed by atoms with Gasteiger partial charge in [-0.05, 0) is 36.4 Å². The van der Waals surface area contributed by atoms with Gasteiger partial charge in [0.15, 0.2) is 11.6 Å². The average molecular weight is 325 g/mol. The molecule has 7 heteroatoms. The van der Waals surface area contributed by atoms with Crippen molar-refractivity contribution in [3.05, 3.63) is 64.7 Å². The summed E-state index contributed by atoms with van der Waals surface area (Å²) in [6.07, 6.45) is 0. The molecule has 22 heavy (non-hydrogen) atoms. The van der Waals surface area contributed by atoms with Crippen LogP contribution in [-0.4, -0.2) is 18.4 Å². The number of anilines is 1. The smallest absolute Gasteiger partial charge is 0.251 e. The van der Waals surface area contributed by atoms with E-state index in [4.69, 9.17) is 11.6 Å². The predicted molar refractivity (Wildman–Crippen MR) is 78.8 cm³/mol. The Balaban J connectivity index is 1.90. The number of hydrogen-bond acceptors (Lipinski definition) is 2. The van der Waals surface area contributed by atoms with E-state index in [-0.39, 0.29) is 12.1 Å². The van der Waals surface area contributed by atoms with Crippen molar-refractivity contribution in [1.29, 1.82) is 0 Å². The first-order valence-electron chi connectivity index (χ1n) is 6.24. The fourth-order valence-electron chi connectivity index (χ4n) is 1.67. The monoisotopic (exact) mass is 324 g/mol. The maximum atomic E-state index is 13.0. The highest BCUT2D eigenvalue weighted by molar-refractivity contribution is 6.30. The average Bonchev–Trinajstić information content (AvgIpc) is 2.47. The van der Waals surface area contributed by atoms with Crippen LogP contribution in [-0.2, 0) is 4.79 Å². The Morgan fingerprint density at radius 2 is 1.82 bits per heavy atom. The lowest BCUT2D eigenvalue weighted by atomic mass is 10.2. The fourth-order valence-corrected chi connectivity index (χ4v) is 1.86. The standard InChI is InChI=1S/C15H11ClF2N2O2/c16-10-2-1-3-11(7-10)20-14(21)8-19-15(22)9-4-5-12(17)13(18)6-9/h1-7H,8H2,(H,19,22)(H,20,21). The van der Waals surface area contributed by atoms with Gasteiger partial charge in [0.2, 0.25) is 5.91 Å². The summed E-state index contributed by atoms with van der Waals surface area (Å²) in [7, 11) is 0. The van der Waals surface area contributed by atoms with Gasteiger partial charge in [-0.1, -0.05) is 17.7 Å². The number of halogens is 3. The van der Waals surface area contributed by atoms with Gasteiger partial charge in [0, 0.05) is 16.3 Å². The number of carbonyl (C=O) groups is 2. The van der Waals surface area contributed by atoms with E-state index in [0.717, 1.165) is 18.2 Å². The molecule has 4 nitrogen and oxygen atoms in total. The van der Waals surface area contributed by atoms with Gasteiger partial charge in [-0.2, -0.15) is 0 Å².